The molecule has 0 atom stereocenters. The minimum atomic E-state index is -0.138. The van der Waals surface area contributed by atoms with Gasteiger partial charge in [-0.3, -0.25) is 4.79 Å². The molecule has 106 valence electrons. The van der Waals surface area contributed by atoms with Gasteiger partial charge in [-0.1, -0.05) is 6.07 Å². The zero-order chi connectivity index (χ0) is 14.9. The summed E-state index contributed by atoms with van der Waals surface area (Å²) in [6.45, 7) is 3.95. The first-order valence-electron chi connectivity index (χ1n) is 6.08. The van der Waals surface area contributed by atoms with Gasteiger partial charge in [0.05, 0.1) is 13.4 Å². The van der Waals surface area contributed by atoms with E-state index in [1.165, 1.54) is 10.9 Å². The molecule has 1 aromatic carbocycles. The maximum atomic E-state index is 11.9. The Balaban J connectivity index is 2.51. The number of nitrogens with one attached hydrogen (secondary N) is 1. The number of aryl methyl sites for hydroxylation is 2. The van der Waals surface area contributed by atoms with Crippen molar-refractivity contribution in [1.82, 2.24) is 9.55 Å². The molecule has 6 heteroatoms. The normalized spacial score (nSPS) is 10.4. The molecule has 0 amide bonds. The van der Waals surface area contributed by atoms with E-state index in [1.54, 1.807) is 14.2 Å². The number of ether oxygens (including phenoxy) is 1. The van der Waals surface area contributed by atoms with Gasteiger partial charge in [-0.15, -0.1) is 0 Å². The molecule has 0 bridgehead atoms. The first-order chi connectivity index (χ1) is 9.45. The SMILES string of the molecule is COc1ccc(C)c(Nc2ncn(C)c(=O)c2Br)c1C. The van der Waals surface area contributed by atoms with Gasteiger partial charge in [0.1, 0.15) is 10.2 Å². The second-order valence-electron chi connectivity index (χ2n) is 4.53. The summed E-state index contributed by atoms with van der Waals surface area (Å²) in [4.78, 5) is 16.1. The Kier molecular flexibility index (Phi) is 4.13. The number of hydrogen-bond donors (Lipinski definition) is 1. The fraction of sp³-hybridized carbons (Fsp3) is 0.286. The molecule has 2 aromatic rings. The van der Waals surface area contributed by atoms with Crippen molar-refractivity contribution in [2.75, 3.05) is 12.4 Å². The predicted octanol–water partition coefficient (Wildman–Crippen LogP) is 2.91. The summed E-state index contributed by atoms with van der Waals surface area (Å²) in [6.07, 6.45) is 1.49. The fourth-order valence-corrected chi connectivity index (χ4v) is 2.44. The summed E-state index contributed by atoms with van der Waals surface area (Å²) in [5.41, 5.74) is 2.78. The van der Waals surface area contributed by atoms with E-state index < -0.39 is 0 Å². The highest BCUT2D eigenvalue weighted by molar-refractivity contribution is 9.10. The van der Waals surface area contributed by atoms with Crippen LogP contribution in [0.1, 0.15) is 11.1 Å². The molecule has 0 aliphatic carbocycles. The molecule has 1 N–H and O–H groups in total. The average molecular weight is 338 g/mol. The monoisotopic (exact) mass is 337 g/mol. The van der Waals surface area contributed by atoms with Crippen LogP contribution in [0.4, 0.5) is 11.5 Å². The number of nitrogens with zero attached hydrogens (tertiary/aromatic N) is 2. The Labute approximate surface area is 125 Å². The number of benzene rings is 1. The Hall–Kier alpha value is -1.82. The first-order valence-corrected chi connectivity index (χ1v) is 6.87. The Morgan fingerprint density at radius 2 is 2.05 bits per heavy atom. The summed E-state index contributed by atoms with van der Waals surface area (Å²) >= 11 is 3.28. The van der Waals surface area contributed by atoms with Gasteiger partial charge in [0.15, 0.2) is 5.82 Å². The lowest BCUT2D eigenvalue weighted by molar-refractivity contribution is 0.412. The quantitative estimate of drug-likeness (QED) is 0.935. The number of anilines is 2. The molecule has 20 heavy (non-hydrogen) atoms. The second-order valence-corrected chi connectivity index (χ2v) is 5.33. The third-order valence-electron chi connectivity index (χ3n) is 3.16. The van der Waals surface area contributed by atoms with Crippen LogP contribution in [0.25, 0.3) is 0 Å². The van der Waals surface area contributed by atoms with E-state index in [0.717, 1.165) is 22.6 Å². The van der Waals surface area contributed by atoms with E-state index in [4.69, 9.17) is 4.74 Å². The molecule has 0 spiro atoms. The van der Waals surface area contributed by atoms with Gasteiger partial charge < -0.3 is 14.6 Å². The summed E-state index contributed by atoms with van der Waals surface area (Å²) in [5, 5.41) is 3.20. The summed E-state index contributed by atoms with van der Waals surface area (Å²) < 4.78 is 7.14. The third-order valence-corrected chi connectivity index (χ3v) is 3.88. The lowest BCUT2D eigenvalue weighted by Crippen LogP contribution is -2.19. The highest BCUT2D eigenvalue weighted by Gasteiger charge is 2.12. The van der Waals surface area contributed by atoms with E-state index in [-0.39, 0.29) is 5.56 Å². The van der Waals surface area contributed by atoms with Crippen molar-refractivity contribution in [3.05, 3.63) is 44.4 Å². The molecule has 2 rings (SSSR count). The maximum Gasteiger partial charge on any atom is 0.269 e. The minimum Gasteiger partial charge on any atom is -0.496 e. The Bertz CT molecular complexity index is 710. The van der Waals surface area contributed by atoms with Crippen LogP contribution >= 0.6 is 15.9 Å². The van der Waals surface area contributed by atoms with Gasteiger partial charge in [-0.05, 0) is 41.4 Å². The first kappa shape index (κ1) is 14.6. The molecule has 0 aliphatic heterocycles. The molecule has 0 aliphatic rings. The van der Waals surface area contributed by atoms with Gasteiger partial charge in [-0.2, -0.15) is 0 Å². The van der Waals surface area contributed by atoms with Crippen LogP contribution in [0.2, 0.25) is 0 Å². The standard InChI is InChI=1S/C14H16BrN3O2/c1-8-5-6-10(20-4)9(2)12(8)17-13-11(15)14(19)18(3)7-16-13/h5-7,17H,1-4H3. The van der Waals surface area contributed by atoms with Crippen molar-refractivity contribution in [2.24, 2.45) is 7.05 Å². The van der Waals surface area contributed by atoms with Crippen molar-refractivity contribution < 1.29 is 4.74 Å². The van der Waals surface area contributed by atoms with Gasteiger partial charge >= 0.3 is 0 Å². The number of halogens is 1. The molecular weight excluding hydrogens is 322 g/mol. The van der Waals surface area contributed by atoms with Gasteiger partial charge in [0, 0.05) is 18.3 Å². The summed E-state index contributed by atoms with van der Waals surface area (Å²) in [5.74, 6) is 1.28. The highest BCUT2D eigenvalue weighted by Crippen LogP contribution is 2.31. The highest BCUT2D eigenvalue weighted by atomic mass is 79.9. The average Bonchev–Trinajstić information content (AvgIpc) is 2.43. The molecule has 0 saturated heterocycles. The fourth-order valence-electron chi connectivity index (χ4n) is 1.96. The predicted molar refractivity (Wildman–Crippen MR) is 82.9 cm³/mol. The lowest BCUT2D eigenvalue weighted by Gasteiger charge is -2.15. The Morgan fingerprint density at radius 1 is 1.35 bits per heavy atom. The smallest absolute Gasteiger partial charge is 0.269 e. The topological polar surface area (TPSA) is 56.1 Å². The van der Waals surface area contributed by atoms with Crippen LogP contribution in [0.5, 0.6) is 5.75 Å². The second kappa shape index (κ2) is 5.66. The van der Waals surface area contributed by atoms with Gasteiger partial charge in [0.2, 0.25) is 0 Å². The maximum absolute atomic E-state index is 11.9. The molecular formula is C14H16BrN3O2. The van der Waals surface area contributed by atoms with Crippen LogP contribution < -0.4 is 15.6 Å². The van der Waals surface area contributed by atoms with E-state index in [1.807, 2.05) is 26.0 Å². The van der Waals surface area contributed by atoms with Gasteiger partial charge in [-0.25, -0.2) is 4.98 Å². The van der Waals surface area contributed by atoms with E-state index in [0.29, 0.717) is 10.3 Å². The van der Waals surface area contributed by atoms with Crippen molar-refractivity contribution >= 4 is 27.4 Å². The van der Waals surface area contributed by atoms with Crippen LogP contribution in [0.15, 0.2) is 27.7 Å². The van der Waals surface area contributed by atoms with Crippen molar-refractivity contribution in [3.63, 3.8) is 0 Å². The third kappa shape index (κ3) is 2.56. The van der Waals surface area contributed by atoms with E-state index >= 15 is 0 Å². The number of aromatic nitrogens is 2. The number of hydrogen-bond acceptors (Lipinski definition) is 4. The Morgan fingerprint density at radius 3 is 2.70 bits per heavy atom. The minimum absolute atomic E-state index is 0.138. The molecule has 0 fully saturated rings. The van der Waals surface area contributed by atoms with Crippen molar-refractivity contribution in [2.45, 2.75) is 13.8 Å². The summed E-state index contributed by atoms with van der Waals surface area (Å²) in [6, 6.07) is 3.88. The molecule has 0 unspecified atom stereocenters. The van der Waals surface area contributed by atoms with Crippen LogP contribution in [0.3, 0.4) is 0 Å². The molecule has 5 nitrogen and oxygen atoms in total. The van der Waals surface area contributed by atoms with Crippen LogP contribution in [-0.2, 0) is 7.05 Å². The van der Waals surface area contributed by atoms with Crippen LogP contribution in [0, 0.1) is 13.8 Å². The zero-order valence-corrected chi connectivity index (χ0v) is 13.4. The molecule has 1 heterocycles. The van der Waals surface area contributed by atoms with E-state index in [2.05, 4.69) is 26.2 Å². The zero-order valence-electron chi connectivity index (χ0n) is 11.8. The lowest BCUT2D eigenvalue weighted by atomic mass is 10.1. The molecule has 1 aromatic heterocycles. The molecule has 0 radical (unpaired) electrons. The summed E-state index contributed by atoms with van der Waals surface area (Å²) in [7, 11) is 3.29. The van der Waals surface area contributed by atoms with Crippen LogP contribution in [-0.4, -0.2) is 16.7 Å². The van der Waals surface area contributed by atoms with Crippen molar-refractivity contribution in [1.29, 1.82) is 0 Å². The number of methoxy groups -OCH3 is 1. The number of rotatable bonds is 3. The van der Waals surface area contributed by atoms with Gasteiger partial charge in [0.25, 0.3) is 5.56 Å². The largest absolute Gasteiger partial charge is 0.496 e. The van der Waals surface area contributed by atoms with Crippen molar-refractivity contribution in [3.8, 4) is 5.75 Å². The molecule has 0 saturated carbocycles. The van der Waals surface area contributed by atoms with E-state index in [9.17, 15) is 4.79 Å².